The van der Waals surface area contributed by atoms with Crippen molar-refractivity contribution in [3.8, 4) is 5.75 Å². The first-order valence-electron chi connectivity index (χ1n) is 6.51. The van der Waals surface area contributed by atoms with Crippen LogP contribution in [-0.2, 0) is 0 Å². The highest BCUT2D eigenvalue weighted by Crippen LogP contribution is 2.33. The van der Waals surface area contributed by atoms with Crippen LogP contribution in [0.4, 0.5) is 10.1 Å². The molecule has 1 saturated carbocycles. The molecular weight excluding hydrogens is 344 g/mol. The van der Waals surface area contributed by atoms with Crippen LogP contribution < -0.4 is 10.5 Å². The Kier molecular flexibility index (Phi) is 4.70. The number of nitrogens with two attached hydrogens (primary N) is 1. The van der Waals surface area contributed by atoms with Gasteiger partial charge >= 0.3 is 0 Å². The van der Waals surface area contributed by atoms with Crippen molar-refractivity contribution < 1.29 is 9.13 Å². The van der Waals surface area contributed by atoms with E-state index in [2.05, 4.69) is 6.92 Å². The lowest BCUT2D eigenvalue weighted by molar-refractivity contribution is 0.122. The molecule has 2 N–H and O–H groups in total. The summed E-state index contributed by atoms with van der Waals surface area (Å²) in [6, 6.07) is 3.04. The second-order valence-corrected chi connectivity index (χ2v) is 6.15. The molecule has 1 aliphatic carbocycles. The van der Waals surface area contributed by atoms with E-state index < -0.39 is 0 Å². The maximum atomic E-state index is 13.5. The quantitative estimate of drug-likeness (QED) is 0.640. The molecule has 0 radical (unpaired) electrons. The molecule has 2 nitrogen and oxygen atoms in total. The largest absolute Gasteiger partial charge is 0.488 e. The topological polar surface area (TPSA) is 35.2 Å². The number of hydrogen-bond donors (Lipinski definition) is 1. The highest BCUT2D eigenvalue weighted by Gasteiger charge is 2.23. The lowest BCUT2D eigenvalue weighted by Gasteiger charge is -2.29. The number of halogens is 2. The summed E-state index contributed by atoms with van der Waals surface area (Å²) < 4.78 is 19.9. The van der Waals surface area contributed by atoms with Gasteiger partial charge in [0, 0.05) is 6.07 Å². The Morgan fingerprint density at radius 2 is 2.22 bits per heavy atom. The first kappa shape index (κ1) is 13.9. The minimum Gasteiger partial charge on any atom is -0.488 e. The van der Waals surface area contributed by atoms with Gasteiger partial charge in [-0.2, -0.15) is 0 Å². The van der Waals surface area contributed by atoms with Gasteiger partial charge in [-0.3, -0.25) is 0 Å². The van der Waals surface area contributed by atoms with Gasteiger partial charge in [0.05, 0.1) is 15.4 Å². The average molecular weight is 363 g/mol. The standard InChI is InChI=1S/C14H19FINO/c1-2-9-4-3-5-10(6-9)18-14-7-11(15)12(16)8-13(14)17/h7-10H,2-6,17H2,1H3. The summed E-state index contributed by atoms with van der Waals surface area (Å²) in [7, 11) is 0. The third kappa shape index (κ3) is 3.28. The SMILES string of the molecule is CCC1CCCC(Oc2cc(F)c(I)cc2N)C1. The van der Waals surface area contributed by atoms with Crippen LogP contribution in [0.2, 0.25) is 0 Å². The summed E-state index contributed by atoms with van der Waals surface area (Å²) in [6.45, 7) is 2.21. The summed E-state index contributed by atoms with van der Waals surface area (Å²) in [4.78, 5) is 0. The molecule has 1 aliphatic rings. The molecule has 2 atom stereocenters. The van der Waals surface area contributed by atoms with Gasteiger partial charge in [0.2, 0.25) is 0 Å². The summed E-state index contributed by atoms with van der Waals surface area (Å²) in [5.41, 5.74) is 6.41. The van der Waals surface area contributed by atoms with Crippen molar-refractivity contribution in [2.45, 2.75) is 45.1 Å². The third-order valence-electron chi connectivity index (χ3n) is 3.66. The number of nitrogen functional groups attached to an aromatic ring is 1. The van der Waals surface area contributed by atoms with Gasteiger partial charge in [0.1, 0.15) is 11.6 Å². The molecule has 1 aromatic rings. The molecule has 0 bridgehead atoms. The summed E-state index contributed by atoms with van der Waals surface area (Å²) >= 11 is 1.94. The van der Waals surface area contributed by atoms with Crippen molar-refractivity contribution in [3.63, 3.8) is 0 Å². The van der Waals surface area contributed by atoms with Crippen molar-refractivity contribution in [3.05, 3.63) is 21.5 Å². The second-order valence-electron chi connectivity index (χ2n) is 4.98. The predicted molar refractivity (Wildman–Crippen MR) is 80.2 cm³/mol. The van der Waals surface area contributed by atoms with Crippen molar-refractivity contribution >= 4 is 28.3 Å². The van der Waals surface area contributed by atoms with Gasteiger partial charge in [-0.1, -0.05) is 19.8 Å². The van der Waals surface area contributed by atoms with Crippen molar-refractivity contribution in [2.24, 2.45) is 5.92 Å². The number of benzene rings is 1. The minimum atomic E-state index is -0.261. The minimum absolute atomic E-state index is 0.186. The zero-order chi connectivity index (χ0) is 13.1. The molecule has 1 aromatic carbocycles. The van der Waals surface area contributed by atoms with E-state index in [0.717, 1.165) is 18.8 Å². The van der Waals surface area contributed by atoms with Crippen LogP contribution in [0.25, 0.3) is 0 Å². The maximum Gasteiger partial charge on any atom is 0.145 e. The van der Waals surface area contributed by atoms with Crippen LogP contribution in [-0.4, -0.2) is 6.10 Å². The molecule has 0 spiro atoms. The van der Waals surface area contributed by atoms with E-state index in [0.29, 0.717) is 15.0 Å². The molecule has 0 heterocycles. The summed E-state index contributed by atoms with van der Waals surface area (Å²) in [6.07, 6.45) is 5.96. The molecule has 0 aromatic heterocycles. The third-order valence-corrected chi connectivity index (χ3v) is 4.49. The van der Waals surface area contributed by atoms with Crippen LogP contribution >= 0.6 is 22.6 Å². The monoisotopic (exact) mass is 363 g/mol. The van der Waals surface area contributed by atoms with Crippen molar-refractivity contribution in [2.75, 3.05) is 5.73 Å². The molecule has 100 valence electrons. The fraction of sp³-hybridized carbons (Fsp3) is 0.571. The Morgan fingerprint density at radius 1 is 1.44 bits per heavy atom. The Hall–Kier alpha value is -0.520. The number of rotatable bonds is 3. The second kappa shape index (κ2) is 6.08. The average Bonchev–Trinajstić information content (AvgIpc) is 2.36. The van der Waals surface area contributed by atoms with Gasteiger partial charge < -0.3 is 10.5 Å². The Labute approximate surface area is 121 Å². The van der Waals surface area contributed by atoms with E-state index in [1.54, 1.807) is 6.07 Å². The molecule has 0 aliphatic heterocycles. The summed E-state index contributed by atoms with van der Waals surface area (Å²) in [5.74, 6) is 0.969. The van der Waals surface area contributed by atoms with E-state index in [-0.39, 0.29) is 11.9 Å². The highest BCUT2D eigenvalue weighted by atomic mass is 127. The highest BCUT2D eigenvalue weighted by molar-refractivity contribution is 14.1. The molecule has 2 rings (SSSR count). The molecule has 1 fully saturated rings. The number of ether oxygens (including phenoxy) is 1. The van der Waals surface area contributed by atoms with E-state index in [1.807, 2.05) is 22.6 Å². The zero-order valence-electron chi connectivity index (χ0n) is 10.6. The smallest absolute Gasteiger partial charge is 0.145 e. The fourth-order valence-corrected chi connectivity index (χ4v) is 3.04. The normalized spacial score (nSPS) is 23.9. The van der Waals surface area contributed by atoms with Crippen LogP contribution in [0.5, 0.6) is 5.75 Å². The lowest BCUT2D eigenvalue weighted by Crippen LogP contribution is -2.25. The number of anilines is 1. The van der Waals surface area contributed by atoms with Crippen LogP contribution in [0.15, 0.2) is 12.1 Å². The summed E-state index contributed by atoms with van der Waals surface area (Å²) in [5, 5.41) is 0. The predicted octanol–water partition coefficient (Wildman–Crippen LogP) is 4.36. The maximum absolute atomic E-state index is 13.5. The molecule has 18 heavy (non-hydrogen) atoms. The Bertz CT molecular complexity index is 425. The molecule has 0 amide bonds. The van der Waals surface area contributed by atoms with Crippen LogP contribution in [0.1, 0.15) is 39.0 Å². The lowest BCUT2D eigenvalue weighted by atomic mass is 9.85. The zero-order valence-corrected chi connectivity index (χ0v) is 12.7. The first-order valence-corrected chi connectivity index (χ1v) is 7.59. The van der Waals surface area contributed by atoms with Gasteiger partial charge in [0.15, 0.2) is 0 Å². The molecule has 2 unspecified atom stereocenters. The van der Waals surface area contributed by atoms with Crippen LogP contribution in [0, 0.1) is 15.3 Å². The molecule has 0 saturated heterocycles. The Morgan fingerprint density at radius 3 is 2.94 bits per heavy atom. The van der Waals surface area contributed by atoms with Gasteiger partial charge in [-0.15, -0.1) is 0 Å². The van der Waals surface area contributed by atoms with E-state index in [4.69, 9.17) is 10.5 Å². The van der Waals surface area contributed by atoms with E-state index >= 15 is 0 Å². The first-order chi connectivity index (χ1) is 8.60. The number of hydrogen-bond acceptors (Lipinski definition) is 2. The van der Waals surface area contributed by atoms with Gasteiger partial charge in [-0.25, -0.2) is 4.39 Å². The van der Waals surface area contributed by atoms with Crippen molar-refractivity contribution in [1.29, 1.82) is 0 Å². The molecular formula is C14H19FINO. The fourth-order valence-electron chi connectivity index (χ4n) is 2.55. The van der Waals surface area contributed by atoms with Gasteiger partial charge in [-0.05, 0) is 53.8 Å². The van der Waals surface area contributed by atoms with Gasteiger partial charge in [0.25, 0.3) is 0 Å². The Balaban J connectivity index is 2.07. The van der Waals surface area contributed by atoms with Crippen molar-refractivity contribution in [1.82, 2.24) is 0 Å². The molecule has 4 heteroatoms. The van der Waals surface area contributed by atoms with E-state index in [1.165, 1.54) is 25.3 Å². The van der Waals surface area contributed by atoms with E-state index in [9.17, 15) is 4.39 Å². The van der Waals surface area contributed by atoms with Crippen LogP contribution in [0.3, 0.4) is 0 Å².